The van der Waals surface area contributed by atoms with Crippen LogP contribution in [0.25, 0.3) is 0 Å². The molecule has 0 bridgehead atoms. The van der Waals surface area contributed by atoms with E-state index in [1.807, 2.05) is 60.8 Å². The summed E-state index contributed by atoms with van der Waals surface area (Å²) in [7, 11) is 0. The fourth-order valence-corrected chi connectivity index (χ4v) is 3.64. The Bertz CT molecular complexity index is 956. The van der Waals surface area contributed by atoms with Crippen LogP contribution in [0.3, 0.4) is 0 Å². The number of aliphatic carboxylic acids is 1. The van der Waals surface area contributed by atoms with Crippen LogP contribution < -0.4 is 5.32 Å². The highest BCUT2D eigenvalue weighted by atomic mass is 35.5. The third kappa shape index (κ3) is 5.94. The molecule has 0 fully saturated rings. The summed E-state index contributed by atoms with van der Waals surface area (Å²) in [5.74, 6) is 0.144. The van der Waals surface area contributed by atoms with E-state index >= 15 is 0 Å². The van der Waals surface area contributed by atoms with Gasteiger partial charge in [0, 0.05) is 24.2 Å². The SMILES string of the molecule is CCCCc1ncc(CN[C@@H](Cc2ccccc2)C(=O)O)n1Cc1ccccc1Cl. The molecule has 1 aromatic heterocycles. The van der Waals surface area contributed by atoms with Crippen molar-refractivity contribution in [1.82, 2.24) is 14.9 Å². The van der Waals surface area contributed by atoms with E-state index in [0.29, 0.717) is 19.5 Å². The molecule has 0 aliphatic heterocycles. The standard InChI is InChI=1S/C24H28ClN3O2/c1-2-3-13-23-27-16-20(28(23)17-19-11-7-8-12-21(19)25)15-26-22(24(29)30)14-18-9-5-4-6-10-18/h4-12,16,22,26H,2-3,13-15,17H2,1H3,(H,29,30)/t22-/m0/s1. The highest BCUT2D eigenvalue weighted by Gasteiger charge is 2.19. The lowest BCUT2D eigenvalue weighted by atomic mass is 10.1. The normalized spacial score (nSPS) is 12.1. The second kappa shape index (κ2) is 11.0. The van der Waals surface area contributed by atoms with Crippen LogP contribution in [0.4, 0.5) is 0 Å². The molecular formula is C24H28ClN3O2. The summed E-state index contributed by atoms with van der Waals surface area (Å²) in [5.41, 5.74) is 2.97. The first-order valence-corrected chi connectivity index (χ1v) is 10.7. The molecule has 2 N–H and O–H groups in total. The Balaban J connectivity index is 1.77. The predicted molar refractivity (Wildman–Crippen MR) is 120 cm³/mol. The molecule has 0 saturated heterocycles. The zero-order valence-corrected chi connectivity index (χ0v) is 18.0. The van der Waals surface area contributed by atoms with E-state index in [1.165, 1.54) is 0 Å². The monoisotopic (exact) mass is 425 g/mol. The molecule has 0 radical (unpaired) electrons. The van der Waals surface area contributed by atoms with Gasteiger partial charge in [-0.1, -0.05) is 73.5 Å². The number of nitrogens with one attached hydrogen (secondary N) is 1. The smallest absolute Gasteiger partial charge is 0.321 e. The molecule has 3 rings (SSSR count). The number of aromatic nitrogens is 2. The number of carboxylic acids is 1. The van der Waals surface area contributed by atoms with Crippen molar-refractivity contribution in [2.24, 2.45) is 0 Å². The lowest BCUT2D eigenvalue weighted by Gasteiger charge is -2.17. The molecule has 0 spiro atoms. The maximum atomic E-state index is 11.8. The number of hydrogen-bond acceptors (Lipinski definition) is 3. The van der Waals surface area contributed by atoms with E-state index in [0.717, 1.165) is 46.9 Å². The van der Waals surface area contributed by atoms with Crippen LogP contribution in [-0.4, -0.2) is 26.7 Å². The third-order valence-electron chi connectivity index (χ3n) is 5.17. The van der Waals surface area contributed by atoms with Crippen molar-refractivity contribution in [3.8, 4) is 0 Å². The van der Waals surface area contributed by atoms with E-state index in [1.54, 1.807) is 0 Å². The number of imidazole rings is 1. The van der Waals surface area contributed by atoms with Gasteiger partial charge in [-0.2, -0.15) is 0 Å². The molecule has 0 aliphatic rings. The first-order chi connectivity index (χ1) is 14.6. The molecule has 0 amide bonds. The number of hydrogen-bond donors (Lipinski definition) is 2. The Labute approximate surface area is 182 Å². The van der Waals surface area contributed by atoms with Gasteiger partial charge in [0.05, 0.1) is 12.2 Å². The molecule has 0 saturated carbocycles. The van der Waals surface area contributed by atoms with Gasteiger partial charge in [-0.3, -0.25) is 10.1 Å². The molecule has 0 aliphatic carbocycles. The Morgan fingerprint density at radius 3 is 2.60 bits per heavy atom. The molecule has 6 heteroatoms. The zero-order valence-electron chi connectivity index (χ0n) is 17.2. The number of halogens is 1. The van der Waals surface area contributed by atoms with Crippen LogP contribution in [0.2, 0.25) is 5.02 Å². The second-order valence-electron chi connectivity index (χ2n) is 7.41. The quantitative estimate of drug-likeness (QED) is 0.466. The van der Waals surface area contributed by atoms with Crippen molar-refractivity contribution in [1.29, 1.82) is 0 Å². The van der Waals surface area contributed by atoms with E-state index in [9.17, 15) is 9.90 Å². The molecular weight excluding hydrogens is 398 g/mol. The van der Waals surface area contributed by atoms with Crippen LogP contribution in [0.5, 0.6) is 0 Å². The minimum Gasteiger partial charge on any atom is -0.480 e. The van der Waals surface area contributed by atoms with Crippen LogP contribution in [0, 0.1) is 0 Å². The number of benzene rings is 2. The third-order valence-corrected chi connectivity index (χ3v) is 5.54. The van der Waals surface area contributed by atoms with Gasteiger partial charge >= 0.3 is 5.97 Å². The summed E-state index contributed by atoms with van der Waals surface area (Å²) in [6.45, 7) is 3.20. The zero-order chi connectivity index (χ0) is 21.3. The number of aryl methyl sites for hydroxylation is 1. The number of rotatable bonds is 11. The van der Waals surface area contributed by atoms with E-state index < -0.39 is 12.0 Å². The largest absolute Gasteiger partial charge is 0.480 e. The number of carboxylic acid groups (broad SMARTS) is 1. The summed E-state index contributed by atoms with van der Waals surface area (Å²) >= 11 is 6.38. The Hall–Kier alpha value is -2.63. The molecule has 2 aromatic carbocycles. The van der Waals surface area contributed by atoms with Gasteiger partial charge in [-0.25, -0.2) is 4.98 Å². The van der Waals surface area contributed by atoms with E-state index in [4.69, 9.17) is 11.6 Å². The first-order valence-electron chi connectivity index (χ1n) is 10.3. The summed E-state index contributed by atoms with van der Waals surface area (Å²) in [5, 5.41) is 13.6. The van der Waals surface area contributed by atoms with Crippen LogP contribution in [0.1, 0.15) is 42.4 Å². The van der Waals surface area contributed by atoms with Gasteiger partial charge in [0.15, 0.2) is 0 Å². The highest BCUT2D eigenvalue weighted by molar-refractivity contribution is 6.31. The molecule has 1 atom stereocenters. The van der Waals surface area contributed by atoms with Crippen molar-refractivity contribution in [3.05, 3.63) is 88.5 Å². The Morgan fingerprint density at radius 2 is 1.90 bits per heavy atom. The summed E-state index contributed by atoms with van der Waals surface area (Å²) in [4.78, 5) is 16.4. The van der Waals surface area contributed by atoms with Gasteiger partial charge in [0.25, 0.3) is 0 Å². The molecule has 3 aromatic rings. The molecule has 1 heterocycles. The van der Waals surface area contributed by atoms with Gasteiger partial charge in [0.1, 0.15) is 11.9 Å². The molecule has 158 valence electrons. The van der Waals surface area contributed by atoms with Crippen LogP contribution >= 0.6 is 11.6 Å². The maximum absolute atomic E-state index is 11.8. The topological polar surface area (TPSA) is 67.2 Å². The second-order valence-corrected chi connectivity index (χ2v) is 7.82. The van der Waals surface area contributed by atoms with Crippen molar-refractivity contribution < 1.29 is 9.90 Å². The van der Waals surface area contributed by atoms with Crippen LogP contribution in [-0.2, 0) is 30.7 Å². The Kier molecular flexibility index (Phi) is 8.05. The fourth-order valence-electron chi connectivity index (χ4n) is 3.44. The highest BCUT2D eigenvalue weighted by Crippen LogP contribution is 2.19. The maximum Gasteiger partial charge on any atom is 0.321 e. The minimum absolute atomic E-state index is 0.424. The molecule has 5 nitrogen and oxygen atoms in total. The summed E-state index contributed by atoms with van der Waals surface area (Å²) < 4.78 is 2.16. The number of unbranched alkanes of at least 4 members (excludes halogenated alkanes) is 1. The average molecular weight is 426 g/mol. The van der Waals surface area contributed by atoms with E-state index in [2.05, 4.69) is 21.8 Å². The summed E-state index contributed by atoms with van der Waals surface area (Å²) in [6, 6.07) is 16.8. The first kappa shape index (κ1) is 22.1. The lowest BCUT2D eigenvalue weighted by molar-refractivity contribution is -0.139. The lowest BCUT2D eigenvalue weighted by Crippen LogP contribution is -2.38. The predicted octanol–water partition coefficient (Wildman–Crippen LogP) is 4.71. The van der Waals surface area contributed by atoms with Gasteiger partial charge in [-0.15, -0.1) is 0 Å². The van der Waals surface area contributed by atoms with Crippen molar-refractivity contribution >= 4 is 17.6 Å². The van der Waals surface area contributed by atoms with Gasteiger partial charge in [-0.05, 0) is 30.0 Å². The molecule has 0 unspecified atom stereocenters. The van der Waals surface area contributed by atoms with Crippen molar-refractivity contribution in [2.45, 2.75) is 51.7 Å². The molecule has 30 heavy (non-hydrogen) atoms. The van der Waals surface area contributed by atoms with E-state index in [-0.39, 0.29) is 0 Å². The Morgan fingerprint density at radius 1 is 1.17 bits per heavy atom. The number of nitrogens with zero attached hydrogens (tertiary/aromatic N) is 2. The minimum atomic E-state index is -0.859. The van der Waals surface area contributed by atoms with Gasteiger partial charge < -0.3 is 9.67 Å². The fraction of sp³-hybridized carbons (Fsp3) is 0.333. The van der Waals surface area contributed by atoms with Crippen LogP contribution in [0.15, 0.2) is 60.8 Å². The summed E-state index contributed by atoms with van der Waals surface area (Å²) in [6.07, 6.45) is 5.30. The van der Waals surface area contributed by atoms with Crippen molar-refractivity contribution in [3.63, 3.8) is 0 Å². The van der Waals surface area contributed by atoms with Crippen molar-refractivity contribution in [2.75, 3.05) is 0 Å². The number of carbonyl (C=O) groups is 1. The van der Waals surface area contributed by atoms with Gasteiger partial charge in [0.2, 0.25) is 0 Å². The average Bonchev–Trinajstić information content (AvgIpc) is 3.13.